The Labute approximate surface area is 158 Å². The maximum atomic E-state index is 11.2. The maximum Gasteiger partial charge on any atom is 0.191 e. The number of aliphatic hydroxyl groups is 1. The van der Waals surface area contributed by atoms with Gasteiger partial charge in [-0.15, -0.1) is 0 Å². The van der Waals surface area contributed by atoms with Gasteiger partial charge in [-0.05, 0) is 29.9 Å². The molecule has 0 aromatic heterocycles. The van der Waals surface area contributed by atoms with E-state index in [1.165, 1.54) is 11.8 Å². The van der Waals surface area contributed by atoms with Crippen molar-refractivity contribution >= 4 is 15.8 Å². The summed E-state index contributed by atoms with van der Waals surface area (Å²) < 4.78 is 22.3. The van der Waals surface area contributed by atoms with Gasteiger partial charge in [0, 0.05) is 19.3 Å². The lowest BCUT2D eigenvalue weighted by atomic mass is 9.86. The lowest BCUT2D eigenvalue weighted by Gasteiger charge is -2.20. The summed E-state index contributed by atoms with van der Waals surface area (Å²) in [7, 11) is -2.95. The van der Waals surface area contributed by atoms with Crippen molar-refractivity contribution in [1.82, 2.24) is 10.6 Å². The molecule has 6 nitrogen and oxygen atoms in total. The van der Waals surface area contributed by atoms with Gasteiger partial charge in [0.05, 0.1) is 18.4 Å². The molecule has 0 radical (unpaired) electrons. The second-order valence-electron chi connectivity index (χ2n) is 7.52. The number of aliphatic imine (C=N–C) groups is 1. The Morgan fingerprint density at radius 3 is 2.31 bits per heavy atom. The van der Waals surface area contributed by atoms with E-state index in [4.69, 9.17) is 0 Å². The summed E-state index contributed by atoms with van der Waals surface area (Å²) in [6, 6.07) is 7.95. The van der Waals surface area contributed by atoms with Gasteiger partial charge in [-0.1, -0.05) is 45.0 Å². The highest BCUT2D eigenvalue weighted by Gasteiger charge is 2.14. The molecule has 0 aliphatic carbocycles. The molecular weight excluding hydrogens is 350 g/mol. The van der Waals surface area contributed by atoms with Crippen molar-refractivity contribution in [3.63, 3.8) is 0 Å². The molecule has 0 saturated carbocycles. The van der Waals surface area contributed by atoms with Gasteiger partial charge in [0.25, 0.3) is 0 Å². The molecule has 1 rings (SSSR count). The highest BCUT2D eigenvalue weighted by molar-refractivity contribution is 7.90. The predicted octanol–water partition coefficient (Wildman–Crippen LogP) is 2.01. The quantitative estimate of drug-likeness (QED) is 0.363. The van der Waals surface area contributed by atoms with Crippen LogP contribution in [0.4, 0.5) is 0 Å². The van der Waals surface area contributed by atoms with E-state index in [9.17, 15) is 13.5 Å². The first-order valence-electron chi connectivity index (χ1n) is 9.01. The van der Waals surface area contributed by atoms with Crippen LogP contribution in [-0.2, 0) is 15.3 Å². The zero-order valence-electron chi connectivity index (χ0n) is 16.5. The standard InChI is InChI=1S/C19H33N3O3S/c1-6-20-18(21-12-7-13-26(5,24)25)22-14-17(23)15-8-10-16(11-9-15)19(2,3)4/h8-11,17,23H,6-7,12-14H2,1-5H3,(H2,20,21,22). The van der Waals surface area contributed by atoms with Gasteiger partial charge in [0.2, 0.25) is 0 Å². The molecule has 1 atom stereocenters. The highest BCUT2D eigenvalue weighted by Crippen LogP contribution is 2.24. The van der Waals surface area contributed by atoms with Crippen molar-refractivity contribution in [2.24, 2.45) is 4.99 Å². The second kappa shape index (κ2) is 9.92. The van der Waals surface area contributed by atoms with Crippen LogP contribution in [-0.4, -0.2) is 51.1 Å². The molecule has 1 unspecified atom stereocenters. The predicted molar refractivity (Wildman–Crippen MR) is 108 cm³/mol. The van der Waals surface area contributed by atoms with Crippen molar-refractivity contribution in [2.75, 3.05) is 31.6 Å². The Morgan fingerprint density at radius 1 is 1.19 bits per heavy atom. The Bertz CT molecular complexity index is 677. The van der Waals surface area contributed by atoms with Crippen molar-refractivity contribution in [1.29, 1.82) is 0 Å². The Morgan fingerprint density at radius 2 is 1.81 bits per heavy atom. The van der Waals surface area contributed by atoms with Crippen LogP contribution in [0.3, 0.4) is 0 Å². The van der Waals surface area contributed by atoms with Crippen molar-refractivity contribution in [3.8, 4) is 0 Å². The molecular formula is C19H33N3O3S. The van der Waals surface area contributed by atoms with E-state index >= 15 is 0 Å². The van der Waals surface area contributed by atoms with Crippen molar-refractivity contribution < 1.29 is 13.5 Å². The average molecular weight is 384 g/mol. The molecule has 26 heavy (non-hydrogen) atoms. The third-order valence-corrected chi connectivity index (χ3v) is 4.94. The molecule has 0 bridgehead atoms. The van der Waals surface area contributed by atoms with E-state index in [1.807, 2.05) is 31.2 Å². The van der Waals surface area contributed by atoms with E-state index in [0.717, 1.165) is 5.56 Å². The van der Waals surface area contributed by atoms with Crippen LogP contribution in [0.5, 0.6) is 0 Å². The number of aliphatic hydroxyl groups excluding tert-OH is 1. The second-order valence-corrected chi connectivity index (χ2v) is 9.78. The number of hydrogen-bond acceptors (Lipinski definition) is 4. The largest absolute Gasteiger partial charge is 0.386 e. The number of rotatable bonds is 8. The molecule has 0 heterocycles. The van der Waals surface area contributed by atoms with Gasteiger partial charge in [-0.25, -0.2) is 8.42 Å². The van der Waals surface area contributed by atoms with Crippen LogP contribution in [0.25, 0.3) is 0 Å². The average Bonchev–Trinajstić information content (AvgIpc) is 2.54. The number of benzene rings is 1. The zero-order chi connectivity index (χ0) is 19.8. The first kappa shape index (κ1) is 22.4. The Kier molecular flexibility index (Phi) is 8.56. The molecule has 0 aliphatic heterocycles. The number of sulfone groups is 1. The number of hydrogen-bond donors (Lipinski definition) is 3. The van der Waals surface area contributed by atoms with Gasteiger partial charge in [-0.3, -0.25) is 4.99 Å². The van der Waals surface area contributed by atoms with E-state index in [0.29, 0.717) is 25.5 Å². The molecule has 0 spiro atoms. The monoisotopic (exact) mass is 383 g/mol. The molecule has 0 fully saturated rings. The molecule has 7 heteroatoms. The summed E-state index contributed by atoms with van der Waals surface area (Å²) in [5, 5.41) is 16.6. The van der Waals surface area contributed by atoms with Crippen molar-refractivity contribution in [3.05, 3.63) is 35.4 Å². The number of nitrogens with one attached hydrogen (secondary N) is 2. The van der Waals surface area contributed by atoms with Crippen LogP contribution < -0.4 is 10.6 Å². The molecule has 1 aromatic carbocycles. The van der Waals surface area contributed by atoms with Crippen LogP contribution >= 0.6 is 0 Å². The zero-order valence-corrected chi connectivity index (χ0v) is 17.4. The lowest BCUT2D eigenvalue weighted by Crippen LogP contribution is -2.38. The van der Waals surface area contributed by atoms with Crippen LogP contribution in [0.1, 0.15) is 51.3 Å². The smallest absolute Gasteiger partial charge is 0.191 e. The van der Waals surface area contributed by atoms with Crippen molar-refractivity contribution in [2.45, 2.75) is 45.6 Å². The first-order valence-corrected chi connectivity index (χ1v) is 11.1. The highest BCUT2D eigenvalue weighted by atomic mass is 32.2. The van der Waals surface area contributed by atoms with E-state index in [2.05, 4.69) is 36.4 Å². The van der Waals surface area contributed by atoms with E-state index in [1.54, 1.807) is 0 Å². The SMILES string of the molecule is CCNC(=NCC(O)c1ccc(C(C)(C)C)cc1)NCCCS(C)(=O)=O. The fraction of sp³-hybridized carbons (Fsp3) is 0.632. The fourth-order valence-corrected chi connectivity index (χ4v) is 3.04. The summed E-state index contributed by atoms with van der Waals surface area (Å²) in [5.41, 5.74) is 2.13. The minimum atomic E-state index is -2.95. The molecule has 0 saturated heterocycles. The summed E-state index contributed by atoms with van der Waals surface area (Å²) in [6.07, 6.45) is 1.06. The van der Waals surface area contributed by atoms with Gasteiger partial charge in [0.15, 0.2) is 5.96 Å². The topological polar surface area (TPSA) is 90.8 Å². The normalized spacial score (nSPS) is 14.2. The van der Waals surface area contributed by atoms with E-state index in [-0.39, 0.29) is 17.7 Å². The fourth-order valence-electron chi connectivity index (χ4n) is 2.37. The molecule has 1 aromatic rings. The van der Waals surface area contributed by atoms with Crippen LogP contribution in [0.15, 0.2) is 29.3 Å². The molecule has 3 N–H and O–H groups in total. The maximum absolute atomic E-state index is 11.2. The Hall–Kier alpha value is -1.60. The summed E-state index contributed by atoms with van der Waals surface area (Å²) in [5.74, 6) is 0.716. The first-order chi connectivity index (χ1) is 12.0. The summed E-state index contributed by atoms with van der Waals surface area (Å²) in [6.45, 7) is 9.85. The molecule has 0 aliphatic rings. The number of nitrogens with zero attached hydrogens (tertiary/aromatic N) is 1. The summed E-state index contributed by atoms with van der Waals surface area (Å²) >= 11 is 0. The Balaban J connectivity index is 2.61. The third kappa shape index (κ3) is 8.67. The van der Waals surface area contributed by atoms with Gasteiger partial charge in [0.1, 0.15) is 9.84 Å². The third-order valence-electron chi connectivity index (χ3n) is 3.91. The van der Waals surface area contributed by atoms with Gasteiger partial charge >= 0.3 is 0 Å². The van der Waals surface area contributed by atoms with Gasteiger partial charge < -0.3 is 15.7 Å². The number of guanidine groups is 1. The molecule has 0 amide bonds. The lowest BCUT2D eigenvalue weighted by molar-refractivity contribution is 0.187. The van der Waals surface area contributed by atoms with Crippen LogP contribution in [0, 0.1) is 0 Å². The summed E-state index contributed by atoms with van der Waals surface area (Å²) in [4.78, 5) is 4.39. The van der Waals surface area contributed by atoms with Gasteiger partial charge in [-0.2, -0.15) is 0 Å². The van der Waals surface area contributed by atoms with E-state index < -0.39 is 15.9 Å². The minimum absolute atomic E-state index is 0.0791. The molecule has 148 valence electrons. The van der Waals surface area contributed by atoms with Crippen LogP contribution in [0.2, 0.25) is 0 Å². The minimum Gasteiger partial charge on any atom is -0.386 e.